The lowest BCUT2D eigenvalue weighted by Gasteiger charge is -2.29. The fraction of sp³-hybridized carbons (Fsp3) is 0.419. The van der Waals surface area contributed by atoms with Crippen molar-refractivity contribution >= 4 is 11.8 Å². The molecule has 2 amide bonds. The molecule has 0 spiro atoms. The number of carbonyl (C=O) groups is 2. The molecule has 2 heterocycles. The Labute approximate surface area is 228 Å². The van der Waals surface area contributed by atoms with Crippen LogP contribution in [-0.2, 0) is 21.5 Å². The van der Waals surface area contributed by atoms with Gasteiger partial charge in [-0.1, -0.05) is 24.1 Å². The average Bonchev–Trinajstić information content (AvgIpc) is 3.72. The van der Waals surface area contributed by atoms with Gasteiger partial charge in [-0.2, -0.15) is 0 Å². The van der Waals surface area contributed by atoms with Gasteiger partial charge >= 0.3 is 0 Å². The number of ether oxygens (including phenoxy) is 1. The number of hydrogen-bond acceptors (Lipinski definition) is 5. The molecule has 1 aliphatic carbocycles. The van der Waals surface area contributed by atoms with Crippen LogP contribution in [0.2, 0.25) is 0 Å². The van der Waals surface area contributed by atoms with E-state index in [1.165, 1.54) is 6.07 Å². The highest BCUT2D eigenvalue weighted by Crippen LogP contribution is 2.45. The highest BCUT2D eigenvalue weighted by Gasteiger charge is 2.44. The molecule has 2 aliphatic heterocycles. The van der Waals surface area contributed by atoms with Crippen molar-refractivity contribution in [2.75, 3.05) is 13.2 Å². The van der Waals surface area contributed by atoms with Gasteiger partial charge < -0.3 is 25.8 Å². The molecule has 1 fully saturated rings. The van der Waals surface area contributed by atoms with Crippen LogP contribution in [0.3, 0.4) is 0 Å². The summed E-state index contributed by atoms with van der Waals surface area (Å²) in [5, 5.41) is 20.3. The summed E-state index contributed by atoms with van der Waals surface area (Å²) < 4.78 is 20.3. The maximum absolute atomic E-state index is 14.7. The molecule has 204 valence electrons. The Bertz CT molecular complexity index is 1280. The fourth-order valence-corrected chi connectivity index (χ4v) is 4.81. The predicted molar refractivity (Wildman–Crippen MR) is 146 cm³/mol. The van der Waals surface area contributed by atoms with E-state index in [2.05, 4.69) is 27.8 Å². The Hall–Kier alpha value is -3.85. The molecule has 0 radical (unpaired) electrons. The van der Waals surface area contributed by atoms with E-state index in [1.54, 1.807) is 12.1 Å². The van der Waals surface area contributed by atoms with E-state index in [9.17, 15) is 19.1 Å². The van der Waals surface area contributed by atoms with E-state index < -0.39 is 29.9 Å². The first kappa shape index (κ1) is 28.2. The Morgan fingerprint density at radius 1 is 1.15 bits per heavy atom. The zero-order chi connectivity index (χ0) is 27.8. The second-order valence-corrected chi connectivity index (χ2v) is 10.2. The third kappa shape index (κ3) is 7.38. The van der Waals surface area contributed by atoms with Crippen molar-refractivity contribution in [1.29, 1.82) is 0 Å². The number of hydrogen-bond donors (Lipinski definition) is 4. The minimum atomic E-state index is -1.03. The molecule has 0 aromatic heterocycles. The van der Waals surface area contributed by atoms with Crippen molar-refractivity contribution in [2.24, 2.45) is 0 Å². The first-order valence-electron chi connectivity index (χ1n) is 13.3. The van der Waals surface area contributed by atoms with Gasteiger partial charge in [0.05, 0.1) is 18.8 Å². The minimum Gasteiger partial charge on any atom is -0.491 e. The van der Waals surface area contributed by atoms with E-state index in [-0.39, 0.29) is 49.6 Å². The summed E-state index contributed by atoms with van der Waals surface area (Å²) in [5.74, 6) is 3.88. The molecule has 4 N–H and O–H groups in total. The van der Waals surface area contributed by atoms with Crippen LogP contribution in [0.25, 0.3) is 0 Å². The van der Waals surface area contributed by atoms with Crippen LogP contribution < -0.4 is 20.7 Å². The molecular formula is C31H34FN3O4. The topological polar surface area (TPSA) is 99.7 Å². The molecule has 39 heavy (non-hydrogen) atoms. The van der Waals surface area contributed by atoms with Crippen molar-refractivity contribution in [3.05, 3.63) is 65.0 Å². The maximum atomic E-state index is 14.7. The lowest BCUT2D eigenvalue weighted by Crippen LogP contribution is -2.55. The second kappa shape index (κ2) is 12.8. The molecule has 0 saturated heterocycles. The van der Waals surface area contributed by atoms with Crippen LogP contribution in [0.15, 0.2) is 42.5 Å². The SMILES string of the molecule is C#CCC1NC(=O)CCCCOc2ccc(cc2F)CC([C@H](O)CNC2(c3cccc(C#C)c3)CC2)NC1=O. The smallest absolute Gasteiger partial charge is 0.243 e. The molecule has 7 nitrogen and oxygen atoms in total. The number of benzene rings is 2. The Morgan fingerprint density at radius 2 is 1.97 bits per heavy atom. The van der Waals surface area contributed by atoms with E-state index in [0.717, 1.165) is 24.0 Å². The number of amides is 2. The number of nitrogens with one attached hydrogen (secondary N) is 3. The highest BCUT2D eigenvalue weighted by atomic mass is 19.1. The van der Waals surface area contributed by atoms with Crippen molar-refractivity contribution in [1.82, 2.24) is 16.0 Å². The van der Waals surface area contributed by atoms with Gasteiger partial charge in [-0.05, 0) is 67.5 Å². The summed E-state index contributed by atoms with van der Waals surface area (Å²) >= 11 is 0. The molecule has 2 bridgehead atoms. The lowest BCUT2D eigenvalue weighted by molar-refractivity contribution is -0.129. The van der Waals surface area contributed by atoms with Gasteiger partial charge in [0.25, 0.3) is 0 Å². The fourth-order valence-electron chi connectivity index (χ4n) is 4.81. The Balaban J connectivity index is 1.54. The Kier molecular flexibility index (Phi) is 9.24. The van der Waals surface area contributed by atoms with Crippen LogP contribution in [0.1, 0.15) is 55.2 Å². The van der Waals surface area contributed by atoms with Crippen LogP contribution in [0.5, 0.6) is 5.75 Å². The summed E-state index contributed by atoms with van der Waals surface area (Å²) in [6.07, 6.45) is 13.2. The lowest BCUT2D eigenvalue weighted by atomic mass is 9.98. The zero-order valence-corrected chi connectivity index (χ0v) is 21.8. The number of carbonyl (C=O) groups excluding carboxylic acids is 2. The normalized spacial score (nSPS) is 21.9. The number of halogens is 1. The van der Waals surface area contributed by atoms with Gasteiger partial charge in [-0.25, -0.2) is 4.39 Å². The van der Waals surface area contributed by atoms with Crippen LogP contribution in [0, 0.1) is 30.5 Å². The molecule has 1 saturated carbocycles. The van der Waals surface area contributed by atoms with Crippen molar-refractivity contribution in [3.63, 3.8) is 0 Å². The van der Waals surface area contributed by atoms with E-state index in [1.807, 2.05) is 24.3 Å². The average molecular weight is 532 g/mol. The van der Waals surface area contributed by atoms with Gasteiger partial charge in [0, 0.05) is 30.5 Å². The summed E-state index contributed by atoms with van der Waals surface area (Å²) in [5.41, 5.74) is 2.10. The molecule has 2 unspecified atom stereocenters. The van der Waals surface area contributed by atoms with Crippen LogP contribution >= 0.6 is 0 Å². The number of terminal acetylenes is 2. The molecule has 2 aromatic rings. The summed E-state index contributed by atoms with van der Waals surface area (Å²) in [4.78, 5) is 25.7. The first-order valence-corrected chi connectivity index (χ1v) is 13.3. The van der Waals surface area contributed by atoms with E-state index in [0.29, 0.717) is 18.4 Å². The van der Waals surface area contributed by atoms with Crippen molar-refractivity contribution in [3.8, 4) is 30.4 Å². The maximum Gasteiger partial charge on any atom is 0.243 e. The molecule has 2 aromatic carbocycles. The monoisotopic (exact) mass is 531 g/mol. The van der Waals surface area contributed by atoms with Crippen LogP contribution in [0.4, 0.5) is 4.39 Å². The van der Waals surface area contributed by atoms with Crippen LogP contribution in [-0.4, -0.2) is 48.3 Å². The van der Waals surface area contributed by atoms with Gasteiger partial charge in [0.1, 0.15) is 6.04 Å². The zero-order valence-electron chi connectivity index (χ0n) is 21.8. The summed E-state index contributed by atoms with van der Waals surface area (Å²) in [6.45, 7) is 0.428. The highest BCUT2D eigenvalue weighted by molar-refractivity contribution is 5.88. The molecular weight excluding hydrogens is 497 g/mol. The molecule has 3 atom stereocenters. The number of aliphatic hydroxyl groups is 1. The second-order valence-electron chi connectivity index (χ2n) is 10.2. The third-order valence-electron chi connectivity index (χ3n) is 7.25. The van der Waals surface area contributed by atoms with Gasteiger partial charge in [-0.3, -0.25) is 9.59 Å². The summed E-state index contributed by atoms with van der Waals surface area (Å²) in [6, 6.07) is 10.6. The number of fused-ring (bicyclic) bond motifs is 13. The van der Waals surface area contributed by atoms with Gasteiger partial charge in [-0.15, -0.1) is 18.8 Å². The standard InChI is InChI=1S/C31H34FN3O4/c1-3-8-25-30(38)35-26(27(36)20-33-31(14-15-31)23-10-7-9-21(4-2)17-23)19-22-12-13-28(24(32)18-22)39-16-6-5-11-29(37)34-25/h1-2,7,9-10,12-13,17-18,25-27,33,36H,5-6,8,11,14-16,19-20H2,(H,34,37)(H,35,38)/t25?,26?,27-/m1/s1. The quantitative estimate of drug-likeness (QED) is 0.430. The largest absolute Gasteiger partial charge is 0.491 e. The van der Waals surface area contributed by atoms with Gasteiger partial charge in [0.2, 0.25) is 11.8 Å². The summed E-state index contributed by atoms with van der Waals surface area (Å²) in [7, 11) is 0. The predicted octanol–water partition coefficient (Wildman–Crippen LogP) is 2.54. The third-order valence-corrected chi connectivity index (χ3v) is 7.25. The minimum absolute atomic E-state index is 0.000293. The van der Waals surface area contributed by atoms with E-state index in [4.69, 9.17) is 17.6 Å². The van der Waals surface area contributed by atoms with Crippen molar-refractivity contribution < 1.29 is 23.8 Å². The first-order chi connectivity index (χ1) is 18.8. The molecule has 5 rings (SSSR count). The number of aliphatic hydroxyl groups excluding tert-OH is 1. The molecule has 8 heteroatoms. The van der Waals surface area contributed by atoms with Crippen molar-refractivity contribution in [2.45, 2.75) is 68.7 Å². The number of rotatable bonds is 6. The molecule has 3 aliphatic rings. The Morgan fingerprint density at radius 3 is 2.69 bits per heavy atom. The van der Waals surface area contributed by atoms with Gasteiger partial charge in [0.15, 0.2) is 11.6 Å². The van der Waals surface area contributed by atoms with E-state index >= 15 is 0 Å².